The monoisotopic (exact) mass is 196 g/mol. The molecule has 2 aliphatic carbocycles. The van der Waals surface area contributed by atoms with E-state index < -0.39 is 11.0 Å². The second-order valence-corrected chi connectivity index (χ2v) is 4.88. The average molecular weight is 196 g/mol. The molecule has 1 N–H and O–H groups in total. The Morgan fingerprint density at radius 1 is 1.50 bits per heavy atom. The summed E-state index contributed by atoms with van der Waals surface area (Å²) >= 11 is 0. The van der Waals surface area contributed by atoms with Gasteiger partial charge in [0.2, 0.25) is 0 Å². The molecule has 0 aromatic carbocycles. The van der Waals surface area contributed by atoms with Crippen LogP contribution in [0.4, 0.5) is 0 Å². The van der Waals surface area contributed by atoms with Crippen LogP contribution < -0.4 is 0 Å². The zero-order chi connectivity index (χ0) is 10.6. The lowest BCUT2D eigenvalue weighted by molar-refractivity contribution is -0.139. The molecular formula is C11H16O3. The number of aliphatic hydroxyl groups is 1. The van der Waals surface area contributed by atoms with Gasteiger partial charge in [0.05, 0.1) is 11.0 Å². The highest BCUT2D eigenvalue weighted by Crippen LogP contribution is 2.57. The minimum Gasteiger partial charge on any atom is -0.388 e. The molecule has 2 fully saturated rings. The normalized spacial score (nSPS) is 46.8. The first-order valence-electron chi connectivity index (χ1n) is 5.18. The summed E-state index contributed by atoms with van der Waals surface area (Å²) in [6.07, 6.45) is 2.21. The maximum atomic E-state index is 11.7. The van der Waals surface area contributed by atoms with Gasteiger partial charge >= 0.3 is 0 Å². The Hall–Kier alpha value is -0.700. The van der Waals surface area contributed by atoms with E-state index in [0.717, 1.165) is 0 Å². The zero-order valence-corrected chi connectivity index (χ0v) is 8.67. The highest BCUT2D eigenvalue weighted by molar-refractivity contribution is 5.92. The van der Waals surface area contributed by atoms with Gasteiger partial charge in [0, 0.05) is 12.3 Å². The van der Waals surface area contributed by atoms with Gasteiger partial charge in [-0.2, -0.15) is 0 Å². The van der Waals surface area contributed by atoms with Gasteiger partial charge in [0.1, 0.15) is 11.6 Å². The van der Waals surface area contributed by atoms with Gasteiger partial charge in [-0.05, 0) is 33.1 Å². The number of hydrogen-bond donors (Lipinski definition) is 1. The predicted molar refractivity (Wildman–Crippen MR) is 50.7 cm³/mol. The fraction of sp³-hybridized carbons (Fsp3) is 0.818. The Morgan fingerprint density at radius 3 is 2.71 bits per heavy atom. The molecule has 2 aliphatic rings. The summed E-state index contributed by atoms with van der Waals surface area (Å²) in [5, 5.41) is 10.4. The van der Waals surface area contributed by atoms with Crippen LogP contribution >= 0.6 is 0 Å². The minimum absolute atomic E-state index is 0.0194. The molecule has 0 aliphatic heterocycles. The Labute approximate surface area is 83.5 Å². The molecule has 0 spiro atoms. The molecule has 3 atom stereocenters. The molecular weight excluding hydrogens is 180 g/mol. The van der Waals surface area contributed by atoms with E-state index in [0.29, 0.717) is 25.7 Å². The molecule has 0 amide bonds. The Kier molecular flexibility index (Phi) is 1.87. The second-order valence-electron chi connectivity index (χ2n) is 4.88. The highest BCUT2D eigenvalue weighted by atomic mass is 16.3. The van der Waals surface area contributed by atoms with Crippen LogP contribution in [-0.2, 0) is 9.59 Å². The van der Waals surface area contributed by atoms with Crippen molar-refractivity contribution in [1.29, 1.82) is 0 Å². The van der Waals surface area contributed by atoms with Crippen molar-refractivity contribution >= 4 is 11.6 Å². The molecule has 0 aromatic heterocycles. The number of carbonyl (C=O) groups is 2. The van der Waals surface area contributed by atoms with Crippen LogP contribution in [0.2, 0.25) is 0 Å². The Morgan fingerprint density at radius 2 is 2.14 bits per heavy atom. The van der Waals surface area contributed by atoms with Crippen LogP contribution in [0, 0.1) is 11.3 Å². The molecule has 0 unspecified atom stereocenters. The predicted octanol–water partition coefficient (Wildman–Crippen LogP) is 1.09. The van der Waals surface area contributed by atoms with E-state index in [2.05, 4.69) is 0 Å². The largest absolute Gasteiger partial charge is 0.388 e. The SMILES string of the molecule is CC(=O)[C@H]1CC[C@]2(C)C(=O)CC[C@]12O. The van der Waals surface area contributed by atoms with Crippen LogP contribution in [0.1, 0.15) is 39.5 Å². The first-order chi connectivity index (χ1) is 6.42. The smallest absolute Gasteiger partial charge is 0.141 e. The molecule has 0 radical (unpaired) electrons. The van der Waals surface area contributed by atoms with Crippen LogP contribution in [0.5, 0.6) is 0 Å². The van der Waals surface area contributed by atoms with E-state index in [-0.39, 0.29) is 17.5 Å². The summed E-state index contributed by atoms with van der Waals surface area (Å²) in [5.41, 5.74) is -1.70. The van der Waals surface area contributed by atoms with Gasteiger partial charge in [-0.3, -0.25) is 9.59 Å². The number of Topliss-reactive ketones (excluding diaryl/α,β-unsaturated/α-hetero) is 2. The van der Waals surface area contributed by atoms with Crippen molar-refractivity contribution < 1.29 is 14.7 Å². The van der Waals surface area contributed by atoms with E-state index in [1.165, 1.54) is 6.92 Å². The molecule has 2 rings (SSSR count). The van der Waals surface area contributed by atoms with Gasteiger partial charge in [-0.15, -0.1) is 0 Å². The molecule has 0 saturated heterocycles. The molecule has 14 heavy (non-hydrogen) atoms. The Balaban J connectivity index is 2.42. The highest BCUT2D eigenvalue weighted by Gasteiger charge is 2.64. The van der Waals surface area contributed by atoms with Gasteiger partial charge < -0.3 is 5.11 Å². The summed E-state index contributed by atoms with van der Waals surface area (Å²) in [5.74, 6) is -0.173. The first kappa shape index (κ1) is 9.84. The summed E-state index contributed by atoms with van der Waals surface area (Å²) in [6, 6.07) is 0. The van der Waals surface area contributed by atoms with Gasteiger partial charge in [-0.25, -0.2) is 0 Å². The third kappa shape index (κ3) is 0.910. The van der Waals surface area contributed by atoms with Crippen molar-refractivity contribution in [2.45, 2.75) is 45.1 Å². The third-order valence-electron chi connectivity index (χ3n) is 4.30. The number of fused-ring (bicyclic) bond motifs is 1. The number of carbonyl (C=O) groups excluding carboxylic acids is 2. The van der Waals surface area contributed by atoms with Crippen LogP contribution in [0.25, 0.3) is 0 Å². The van der Waals surface area contributed by atoms with Gasteiger partial charge in [0.25, 0.3) is 0 Å². The third-order valence-corrected chi connectivity index (χ3v) is 4.30. The molecule has 0 aromatic rings. The lowest BCUT2D eigenvalue weighted by atomic mass is 9.74. The van der Waals surface area contributed by atoms with E-state index in [1.54, 1.807) is 0 Å². The van der Waals surface area contributed by atoms with E-state index in [4.69, 9.17) is 0 Å². The quantitative estimate of drug-likeness (QED) is 0.683. The summed E-state index contributed by atoms with van der Waals surface area (Å²) in [7, 11) is 0. The van der Waals surface area contributed by atoms with Crippen molar-refractivity contribution in [3.8, 4) is 0 Å². The van der Waals surface area contributed by atoms with Crippen molar-refractivity contribution in [1.82, 2.24) is 0 Å². The molecule has 3 nitrogen and oxygen atoms in total. The molecule has 0 bridgehead atoms. The maximum Gasteiger partial charge on any atom is 0.141 e. The van der Waals surface area contributed by atoms with Crippen LogP contribution in [-0.4, -0.2) is 22.3 Å². The fourth-order valence-electron chi connectivity index (χ4n) is 3.22. The van der Waals surface area contributed by atoms with Crippen molar-refractivity contribution in [2.75, 3.05) is 0 Å². The van der Waals surface area contributed by atoms with Crippen LogP contribution in [0.3, 0.4) is 0 Å². The molecule has 2 saturated carbocycles. The standard InChI is InChI=1S/C11H16O3/c1-7(12)8-3-5-10(2)9(13)4-6-11(8,10)14/h8,14H,3-6H2,1-2H3/t8-,10-,11+/m1/s1. The number of hydrogen-bond acceptors (Lipinski definition) is 3. The first-order valence-corrected chi connectivity index (χ1v) is 5.18. The van der Waals surface area contributed by atoms with Gasteiger partial charge in [-0.1, -0.05) is 0 Å². The topological polar surface area (TPSA) is 54.4 Å². The van der Waals surface area contributed by atoms with Crippen molar-refractivity contribution in [3.63, 3.8) is 0 Å². The fourth-order valence-corrected chi connectivity index (χ4v) is 3.22. The van der Waals surface area contributed by atoms with E-state index in [9.17, 15) is 14.7 Å². The number of ketones is 2. The van der Waals surface area contributed by atoms with Crippen molar-refractivity contribution in [3.05, 3.63) is 0 Å². The molecule has 78 valence electrons. The second kappa shape index (κ2) is 2.66. The lowest BCUT2D eigenvalue weighted by Crippen LogP contribution is -2.46. The summed E-state index contributed by atoms with van der Waals surface area (Å²) in [4.78, 5) is 23.1. The molecule has 3 heteroatoms. The van der Waals surface area contributed by atoms with E-state index in [1.807, 2.05) is 6.92 Å². The maximum absolute atomic E-state index is 11.7. The Bertz CT molecular complexity index is 310. The average Bonchev–Trinajstić information content (AvgIpc) is 2.47. The van der Waals surface area contributed by atoms with Crippen molar-refractivity contribution in [2.24, 2.45) is 11.3 Å². The van der Waals surface area contributed by atoms with E-state index >= 15 is 0 Å². The van der Waals surface area contributed by atoms with Crippen LogP contribution in [0.15, 0.2) is 0 Å². The zero-order valence-electron chi connectivity index (χ0n) is 8.67. The molecule has 0 heterocycles. The lowest BCUT2D eigenvalue weighted by Gasteiger charge is -2.34. The summed E-state index contributed by atoms with van der Waals surface area (Å²) in [6.45, 7) is 3.32. The summed E-state index contributed by atoms with van der Waals surface area (Å²) < 4.78 is 0. The van der Waals surface area contributed by atoms with Gasteiger partial charge in [0.15, 0.2) is 0 Å². The number of rotatable bonds is 1. The minimum atomic E-state index is -1.05.